The Morgan fingerprint density at radius 3 is 1.77 bits per heavy atom. The number of ether oxygens (including phenoxy) is 1. The lowest BCUT2D eigenvalue weighted by atomic mass is 10.0. The Kier molecular flexibility index (Phi) is 20.2. The number of rotatable bonds is 23. The zero-order valence-corrected chi connectivity index (χ0v) is 37.2. The first-order valence-corrected chi connectivity index (χ1v) is 22.1. The van der Waals surface area contributed by atoms with Crippen LogP contribution in [0.25, 0.3) is 0 Å². The van der Waals surface area contributed by atoms with Crippen molar-refractivity contribution in [2.24, 2.45) is 17.5 Å². The average molecular weight is 882 g/mol. The third-order valence-corrected chi connectivity index (χ3v) is 10.5. The Labute approximate surface area is 367 Å². The fourth-order valence-electron chi connectivity index (χ4n) is 6.78. The molecule has 0 spiro atoms. The fourth-order valence-corrected chi connectivity index (χ4v) is 7.25. The number of nitrogens with zero attached hydrogens (tertiary/aromatic N) is 1. The summed E-state index contributed by atoms with van der Waals surface area (Å²) in [5, 5.41) is 13.5. The maximum atomic E-state index is 14.3. The molecule has 2 aromatic rings. The number of hydrogen-bond acceptors (Lipinski definition) is 11. The minimum absolute atomic E-state index is 0.00942. The highest BCUT2D eigenvalue weighted by atomic mass is 32.2. The van der Waals surface area contributed by atoms with E-state index in [2.05, 4.69) is 32.0 Å². The number of nitrogens with two attached hydrogens (primary N) is 2. The van der Waals surface area contributed by atoms with Gasteiger partial charge in [-0.25, -0.2) is 10.6 Å². The first kappa shape index (κ1) is 50.7. The molecule has 10 N–H and O–H groups in total. The van der Waals surface area contributed by atoms with Gasteiger partial charge in [0.05, 0.1) is 0 Å². The molecule has 340 valence electrons. The summed E-state index contributed by atoms with van der Waals surface area (Å²) >= 11 is 1.50. The molecular weight excluding hydrogens is 819 g/mol. The molecule has 0 aliphatic carbocycles. The molecule has 0 aromatic heterocycles. The molecule has 8 amide bonds. The number of likely N-dealkylation sites (tertiary alicyclic amines) is 1. The molecule has 19 heteroatoms. The summed E-state index contributed by atoms with van der Waals surface area (Å²) in [6, 6.07) is 11.0. The van der Waals surface area contributed by atoms with Gasteiger partial charge in [-0.3, -0.25) is 39.0 Å². The highest BCUT2D eigenvalue weighted by molar-refractivity contribution is 7.98. The lowest BCUT2D eigenvalue weighted by Gasteiger charge is -2.30. The van der Waals surface area contributed by atoms with Crippen LogP contribution in [0.5, 0.6) is 0 Å². The normalized spacial score (nSPS) is 16.2. The van der Waals surface area contributed by atoms with Crippen molar-refractivity contribution in [3.05, 3.63) is 71.8 Å². The van der Waals surface area contributed by atoms with E-state index in [-0.39, 0.29) is 51.0 Å². The number of hydrazine groups is 1. The minimum atomic E-state index is -1.32. The number of benzene rings is 2. The number of amides is 8. The molecule has 0 unspecified atom stereocenters. The number of nitrogens with one attached hydrogen (secondary N) is 6. The van der Waals surface area contributed by atoms with Gasteiger partial charge in [0.25, 0.3) is 5.91 Å². The molecule has 1 aliphatic rings. The van der Waals surface area contributed by atoms with Crippen molar-refractivity contribution in [2.45, 2.75) is 121 Å². The number of carbonyl (C=O) groups is 8. The van der Waals surface area contributed by atoms with Gasteiger partial charge in [0.1, 0.15) is 41.9 Å². The van der Waals surface area contributed by atoms with Gasteiger partial charge in [0.2, 0.25) is 35.4 Å². The molecule has 2 aromatic carbocycles. The SMILES string of the molecule is CSCC[C@H](NC(=O)[C@H](CC(C)C)N1CC[C@@H](NC(=O)[C@H](Cc2ccccc2)NC(=O)[C@H](Cc2ccccc2)NC(=O)[C@H](CCC(N)=O)NC(=O)OC(C)(C)C)C1=O)C(=O)NN. The number of alkyl carbamates (subject to hydrolysis) is 1. The van der Waals surface area contributed by atoms with Crippen LogP contribution in [-0.4, -0.2) is 113 Å². The monoisotopic (exact) mass is 881 g/mol. The third kappa shape index (κ3) is 17.0. The summed E-state index contributed by atoms with van der Waals surface area (Å²) in [7, 11) is 0. The minimum Gasteiger partial charge on any atom is -0.444 e. The lowest BCUT2D eigenvalue weighted by Crippen LogP contribution is -2.59. The Morgan fingerprint density at radius 1 is 0.758 bits per heavy atom. The second-order valence-electron chi connectivity index (χ2n) is 16.6. The first-order valence-electron chi connectivity index (χ1n) is 20.7. The van der Waals surface area contributed by atoms with Crippen LogP contribution in [0.2, 0.25) is 0 Å². The van der Waals surface area contributed by atoms with Gasteiger partial charge in [-0.15, -0.1) is 0 Å². The van der Waals surface area contributed by atoms with Crippen LogP contribution in [0, 0.1) is 5.92 Å². The van der Waals surface area contributed by atoms with Crippen molar-refractivity contribution in [3.63, 3.8) is 0 Å². The Hall–Kier alpha value is -5.69. The van der Waals surface area contributed by atoms with Crippen LogP contribution in [0.4, 0.5) is 4.79 Å². The highest BCUT2D eigenvalue weighted by Gasteiger charge is 2.42. The van der Waals surface area contributed by atoms with Crippen molar-refractivity contribution in [1.29, 1.82) is 0 Å². The standard InChI is InChI=1S/C43H63N9O9S/c1-26(2)23-34(40(58)46-30(20-22-62-6)39(57)51-45)52-21-19-31(41(52)59)47-37(55)32(24-27-13-9-7-10-14-27)49-38(56)33(25-28-15-11-8-12-16-28)48-36(54)29(17-18-35(44)53)50-42(60)61-43(3,4)5/h7-16,26,29-34H,17-25,45H2,1-6H3,(H2,44,53)(H,46,58)(H,47,55)(H,48,54)(H,49,56)(H,50,60)(H,51,57)/t29-,30-,31+,32-,33-,34-/m0/s1. The Balaban J connectivity index is 1.88. The van der Waals surface area contributed by atoms with E-state index in [0.717, 1.165) is 0 Å². The molecule has 1 fully saturated rings. The van der Waals surface area contributed by atoms with Gasteiger partial charge < -0.3 is 42.0 Å². The van der Waals surface area contributed by atoms with E-state index in [1.807, 2.05) is 20.1 Å². The fraction of sp³-hybridized carbons (Fsp3) is 0.535. The second-order valence-corrected chi connectivity index (χ2v) is 17.6. The van der Waals surface area contributed by atoms with Gasteiger partial charge in [-0.1, -0.05) is 74.5 Å². The number of thioether (sulfide) groups is 1. The quantitative estimate of drug-likeness (QED) is 0.0443. The average Bonchev–Trinajstić information content (AvgIpc) is 3.57. The predicted octanol–water partition coefficient (Wildman–Crippen LogP) is 0.960. The second kappa shape index (κ2) is 24.7. The molecule has 18 nitrogen and oxygen atoms in total. The summed E-state index contributed by atoms with van der Waals surface area (Å²) in [5.74, 6) is 1.44. The molecule has 0 radical (unpaired) electrons. The molecule has 1 aliphatic heterocycles. The summed E-state index contributed by atoms with van der Waals surface area (Å²) in [4.78, 5) is 108. The number of primary amides is 1. The van der Waals surface area contributed by atoms with E-state index in [4.69, 9.17) is 16.3 Å². The molecule has 1 heterocycles. The van der Waals surface area contributed by atoms with E-state index in [1.165, 1.54) is 16.7 Å². The van der Waals surface area contributed by atoms with E-state index in [1.54, 1.807) is 81.4 Å². The maximum absolute atomic E-state index is 14.3. The van der Waals surface area contributed by atoms with Crippen molar-refractivity contribution in [3.8, 4) is 0 Å². The van der Waals surface area contributed by atoms with Crippen LogP contribution in [-0.2, 0) is 51.1 Å². The Bertz CT molecular complexity index is 1850. The summed E-state index contributed by atoms with van der Waals surface area (Å²) in [6.45, 7) is 8.88. The molecule has 0 saturated carbocycles. The van der Waals surface area contributed by atoms with E-state index >= 15 is 0 Å². The van der Waals surface area contributed by atoms with Crippen LogP contribution in [0.3, 0.4) is 0 Å². The van der Waals surface area contributed by atoms with Crippen LogP contribution in [0.15, 0.2) is 60.7 Å². The zero-order valence-electron chi connectivity index (χ0n) is 36.4. The van der Waals surface area contributed by atoms with Crippen LogP contribution < -0.4 is 43.6 Å². The van der Waals surface area contributed by atoms with Crippen molar-refractivity contribution in [2.75, 3.05) is 18.6 Å². The molecule has 62 heavy (non-hydrogen) atoms. The van der Waals surface area contributed by atoms with Crippen molar-refractivity contribution in [1.82, 2.24) is 36.9 Å². The summed E-state index contributed by atoms with van der Waals surface area (Å²) in [6.07, 6.45) is 1.27. The highest BCUT2D eigenvalue weighted by Crippen LogP contribution is 2.21. The first-order chi connectivity index (χ1) is 29.3. The third-order valence-electron chi connectivity index (χ3n) is 9.83. The van der Waals surface area contributed by atoms with Gasteiger partial charge >= 0.3 is 6.09 Å². The van der Waals surface area contributed by atoms with Crippen LogP contribution >= 0.6 is 11.8 Å². The van der Waals surface area contributed by atoms with E-state index in [0.29, 0.717) is 23.3 Å². The molecule has 3 rings (SSSR count). The Morgan fingerprint density at radius 2 is 1.27 bits per heavy atom. The number of hydrogen-bond donors (Lipinski definition) is 8. The van der Waals surface area contributed by atoms with Gasteiger partial charge in [-0.2, -0.15) is 11.8 Å². The summed E-state index contributed by atoms with van der Waals surface area (Å²) in [5.41, 5.74) is 7.91. The van der Waals surface area contributed by atoms with Gasteiger partial charge in [0.15, 0.2) is 0 Å². The molecule has 0 bridgehead atoms. The van der Waals surface area contributed by atoms with Crippen LogP contribution in [0.1, 0.15) is 77.8 Å². The largest absolute Gasteiger partial charge is 0.444 e. The zero-order chi connectivity index (χ0) is 46.0. The van der Waals surface area contributed by atoms with Crippen molar-refractivity contribution < 1.29 is 43.1 Å². The summed E-state index contributed by atoms with van der Waals surface area (Å²) < 4.78 is 5.32. The maximum Gasteiger partial charge on any atom is 0.408 e. The van der Waals surface area contributed by atoms with Crippen molar-refractivity contribution >= 4 is 59.2 Å². The topological polar surface area (TPSA) is 273 Å². The molecule has 1 saturated heterocycles. The van der Waals surface area contributed by atoms with E-state index < -0.39 is 89.3 Å². The van der Waals surface area contributed by atoms with Gasteiger partial charge in [-0.05, 0) is 75.5 Å². The van der Waals surface area contributed by atoms with Gasteiger partial charge in [0, 0.05) is 25.8 Å². The molecular formula is C43H63N9O9S. The van der Waals surface area contributed by atoms with E-state index in [9.17, 15) is 38.4 Å². The number of carbonyl (C=O) groups excluding carboxylic acids is 8. The smallest absolute Gasteiger partial charge is 0.408 e. The lowest BCUT2D eigenvalue weighted by molar-refractivity contribution is -0.141. The predicted molar refractivity (Wildman–Crippen MR) is 235 cm³/mol. The molecule has 6 atom stereocenters.